The minimum absolute atomic E-state index is 0.243. The first-order chi connectivity index (χ1) is 6.69. The van der Waals surface area contributed by atoms with E-state index in [0.29, 0.717) is 10.4 Å². The third-order valence-electron chi connectivity index (χ3n) is 1.76. The molecule has 0 bridgehead atoms. The van der Waals surface area contributed by atoms with Gasteiger partial charge >= 0.3 is 5.97 Å². The molecule has 0 spiro atoms. The Morgan fingerprint density at radius 1 is 1.57 bits per heavy atom. The fourth-order valence-corrected chi connectivity index (χ4v) is 1.41. The molecule has 1 aromatic rings. The van der Waals surface area contributed by atoms with Crippen molar-refractivity contribution in [3.8, 4) is 0 Å². The standard InChI is InChI=1S/C9H11BrO4/c1-12-5-6(9(11)13-2)7-3-4-8(10)14-7/h3-4,6H,5H2,1-2H3. The van der Waals surface area contributed by atoms with Crippen molar-refractivity contribution < 1.29 is 18.7 Å². The number of ether oxygens (including phenoxy) is 2. The Balaban J connectivity index is 2.82. The molecule has 1 unspecified atom stereocenters. The van der Waals surface area contributed by atoms with Crippen LogP contribution < -0.4 is 0 Å². The first-order valence-corrected chi connectivity index (χ1v) is 4.80. The van der Waals surface area contributed by atoms with E-state index in [-0.39, 0.29) is 12.6 Å². The molecule has 1 atom stereocenters. The largest absolute Gasteiger partial charge is 0.468 e. The van der Waals surface area contributed by atoms with E-state index in [0.717, 1.165) is 0 Å². The van der Waals surface area contributed by atoms with Crippen LogP contribution in [0.4, 0.5) is 0 Å². The van der Waals surface area contributed by atoms with Crippen LogP contribution >= 0.6 is 15.9 Å². The molecule has 4 nitrogen and oxygen atoms in total. The first-order valence-electron chi connectivity index (χ1n) is 4.01. The number of rotatable bonds is 4. The Bertz CT molecular complexity index is 308. The first kappa shape index (κ1) is 11.3. The van der Waals surface area contributed by atoms with Crippen LogP contribution in [0.5, 0.6) is 0 Å². The van der Waals surface area contributed by atoms with Crippen LogP contribution in [0.15, 0.2) is 21.2 Å². The van der Waals surface area contributed by atoms with Crippen LogP contribution in [0.1, 0.15) is 11.7 Å². The van der Waals surface area contributed by atoms with E-state index in [1.165, 1.54) is 14.2 Å². The predicted octanol–water partition coefficient (Wildman–Crippen LogP) is 1.95. The van der Waals surface area contributed by atoms with Crippen molar-refractivity contribution >= 4 is 21.9 Å². The number of hydrogen-bond donors (Lipinski definition) is 0. The van der Waals surface area contributed by atoms with E-state index in [9.17, 15) is 4.79 Å². The summed E-state index contributed by atoms with van der Waals surface area (Å²) < 4.78 is 15.4. The molecule has 0 radical (unpaired) electrons. The molecule has 0 saturated heterocycles. The maximum absolute atomic E-state index is 11.3. The van der Waals surface area contributed by atoms with Gasteiger partial charge in [-0.25, -0.2) is 0 Å². The Morgan fingerprint density at radius 3 is 2.71 bits per heavy atom. The summed E-state index contributed by atoms with van der Waals surface area (Å²) in [6.07, 6.45) is 0. The van der Waals surface area contributed by atoms with Gasteiger partial charge in [0.1, 0.15) is 11.7 Å². The second-order valence-electron chi connectivity index (χ2n) is 2.67. The molecule has 5 heteroatoms. The molecule has 0 saturated carbocycles. The number of furan rings is 1. The summed E-state index contributed by atoms with van der Waals surface area (Å²) in [5.74, 6) is -0.337. The van der Waals surface area contributed by atoms with E-state index in [1.807, 2.05) is 0 Å². The fourth-order valence-electron chi connectivity index (χ4n) is 1.09. The van der Waals surface area contributed by atoms with E-state index in [4.69, 9.17) is 9.15 Å². The van der Waals surface area contributed by atoms with Crippen molar-refractivity contribution in [2.24, 2.45) is 0 Å². The molecule has 1 rings (SSSR count). The topological polar surface area (TPSA) is 48.7 Å². The highest BCUT2D eigenvalue weighted by Crippen LogP contribution is 2.23. The van der Waals surface area contributed by atoms with Gasteiger partial charge in [0.25, 0.3) is 0 Å². The molecule has 1 heterocycles. The summed E-state index contributed by atoms with van der Waals surface area (Å²) in [4.78, 5) is 11.3. The van der Waals surface area contributed by atoms with Gasteiger partial charge in [-0.1, -0.05) is 0 Å². The normalized spacial score (nSPS) is 12.5. The quantitative estimate of drug-likeness (QED) is 0.779. The summed E-state index contributed by atoms with van der Waals surface area (Å²) >= 11 is 3.16. The molecule has 0 N–H and O–H groups in total. The molecule has 1 aromatic heterocycles. The van der Waals surface area contributed by atoms with Crippen molar-refractivity contribution in [2.45, 2.75) is 5.92 Å². The van der Waals surface area contributed by atoms with Crippen molar-refractivity contribution in [2.75, 3.05) is 20.8 Å². The Labute approximate surface area is 90.3 Å². The summed E-state index contributed by atoms with van der Waals surface area (Å²) in [5, 5.41) is 0. The van der Waals surface area contributed by atoms with Gasteiger partial charge in [-0.05, 0) is 28.1 Å². The van der Waals surface area contributed by atoms with Crippen LogP contribution in [-0.2, 0) is 14.3 Å². The monoisotopic (exact) mass is 262 g/mol. The highest BCUT2D eigenvalue weighted by atomic mass is 79.9. The molecule has 78 valence electrons. The zero-order chi connectivity index (χ0) is 10.6. The zero-order valence-electron chi connectivity index (χ0n) is 7.95. The van der Waals surface area contributed by atoms with Gasteiger partial charge in [-0.2, -0.15) is 0 Å². The van der Waals surface area contributed by atoms with Crippen LogP contribution in [0.3, 0.4) is 0 Å². The van der Waals surface area contributed by atoms with Crippen LogP contribution in [0.2, 0.25) is 0 Å². The Hall–Kier alpha value is -0.810. The van der Waals surface area contributed by atoms with Crippen LogP contribution in [0.25, 0.3) is 0 Å². The lowest BCUT2D eigenvalue weighted by Gasteiger charge is -2.10. The molecule has 14 heavy (non-hydrogen) atoms. The third-order valence-corrected chi connectivity index (χ3v) is 2.18. The van der Waals surface area contributed by atoms with E-state index in [2.05, 4.69) is 20.7 Å². The van der Waals surface area contributed by atoms with Gasteiger partial charge in [-0.15, -0.1) is 0 Å². The lowest BCUT2D eigenvalue weighted by molar-refractivity contribution is -0.144. The highest BCUT2D eigenvalue weighted by Gasteiger charge is 2.24. The number of carbonyl (C=O) groups excluding carboxylic acids is 1. The highest BCUT2D eigenvalue weighted by molar-refractivity contribution is 9.10. The molecule has 0 amide bonds. The Kier molecular flexibility index (Phi) is 4.16. The number of esters is 1. The summed E-state index contributed by atoms with van der Waals surface area (Å²) in [7, 11) is 2.86. The molecule has 0 aromatic carbocycles. The summed E-state index contributed by atoms with van der Waals surface area (Å²) in [5.41, 5.74) is 0. The predicted molar refractivity (Wildman–Crippen MR) is 53.0 cm³/mol. The number of carbonyl (C=O) groups is 1. The van der Waals surface area contributed by atoms with Gasteiger partial charge < -0.3 is 13.9 Å². The molecule has 0 aliphatic rings. The van der Waals surface area contributed by atoms with Crippen LogP contribution in [-0.4, -0.2) is 26.8 Å². The second-order valence-corrected chi connectivity index (χ2v) is 3.45. The van der Waals surface area contributed by atoms with Gasteiger partial charge in [0.2, 0.25) is 0 Å². The fraction of sp³-hybridized carbons (Fsp3) is 0.444. The smallest absolute Gasteiger partial charge is 0.318 e. The van der Waals surface area contributed by atoms with Gasteiger partial charge in [0.05, 0.1) is 13.7 Å². The Morgan fingerprint density at radius 2 is 2.29 bits per heavy atom. The minimum atomic E-state index is -0.503. The second kappa shape index (κ2) is 5.17. The van der Waals surface area contributed by atoms with Crippen molar-refractivity contribution in [3.63, 3.8) is 0 Å². The SMILES string of the molecule is COCC(C(=O)OC)c1ccc(Br)o1. The molecular weight excluding hydrogens is 252 g/mol. The lowest BCUT2D eigenvalue weighted by atomic mass is 10.1. The molecule has 0 aliphatic carbocycles. The van der Waals surface area contributed by atoms with Crippen LogP contribution in [0, 0.1) is 0 Å². The number of methoxy groups -OCH3 is 2. The summed E-state index contributed by atoms with van der Waals surface area (Å²) in [6, 6.07) is 3.44. The minimum Gasteiger partial charge on any atom is -0.468 e. The maximum atomic E-state index is 11.3. The van der Waals surface area contributed by atoms with E-state index < -0.39 is 5.92 Å². The lowest BCUT2D eigenvalue weighted by Crippen LogP contribution is -2.18. The number of hydrogen-bond acceptors (Lipinski definition) is 4. The zero-order valence-corrected chi connectivity index (χ0v) is 9.54. The van der Waals surface area contributed by atoms with E-state index in [1.54, 1.807) is 12.1 Å². The average Bonchev–Trinajstić information content (AvgIpc) is 2.60. The van der Waals surface area contributed by atoms with Crippen molar-refractivity contribution in [1.29, 1.82) is 0 Å². The van der Waals surface area contributed by atoms with Gasteiger partial charge in [0, 0.05) is 7.11 Å². The van der Waals surface area contributed by atoms with Gasteiger partial charge in [0.15, 0.2) is 4.67 Å². The van der Waals surface area contributed by atoms with E-state index >= 15 is 0 Å². The molecule has 0 fully saturated rings. The number of halogens is 1. The van der Waals surface area contributed by atoms with Crippen molar-refractivity contribution in [1.82, 2.24) is 0 Å². The third kappa shape index (κ3) is 2.59. The average molecular weight is 263 g/mol. The molecular formula is C9H11BrO4. The van der Waals surface area contributed by atoms with Crippen molar-refractivity contribution in [3.05, 3.63) is 22.6 Å². The van der Waals surface area contributed by atoms with Gasteiger partial charge in [-0.3, -0.25) is 4.79 Å². The summed E-state index contributed by atoms with van der Waals surface area (Å²) in [6.45, 7) is 0.243. The molecule has 0 aliphatic heterocycles. The maximum Gasteiger partial charge on any atom is 0.318 e.